The number of carbonyl (C=O) groups is 1. The van der Waals surface area contributed by atoms with Crippen LogP contribution in [0.15, 0.2) is 30.3 Å². The van der Waals surface area contributed by atoms with Crippen LogP contribution in [0.1, 0.15) is 31.7 Å². The molecule has 0 spiro atoms. The van der Waals surface area contributed by atoms with Gasteiger partial charge in [-0.3, -0.25) is 9.69 Å². The van der Waals surface area contributed by atoms with Crippen LogP contribution in [0, 0.1) is 0 Å². The summed E-state index contributed by atoms with van der Waals surface area (Å²) in [5, 5.41) is 3.01. The highest BCUT2D eigenvalue weighted by Crippen LogP contribution is 2.20. The molecule has 1 aliphatic heterocycles. The van der Waals surface area contributed by atoms with Gasteiger partial charge in [0.25, 0.3) is 0 Å². The number of hydrogen-bond donors (Lipinski definition) is 2. The molecule has 2 unspecified atom stereocenters. The van der Waals surface area contributed by atoms with Crippen LogP contribution in [0.2, 0.25) is 0 Å². The Bertz CT molecular complexity index is 429. The lowest BCUT2D eigenvalue weighted by Gasteiger charge is -2.23. The molecule has 0 saturated carbocycles. The fraction of sp³-hybridized carbons (Fsp3) is 0.562. The third kappa shape index (κ3) is 6.53. The highest BCUT2D eigenvalue weighted by molar-refractivity contribution is 5.85. The molecule has 1 heterocycles. The van der Waals surface area contributed by atoms with E-state index in [0.29, 0.717) is 6.54 Å². The second-order valence-corrected chi connectivity index (χ2v) is 5.67. The first-order chi connectivity index (χ1) is 9.66. The molecule has 2 rings (SSSR count). The molecule has 6 heteroatoms. The number of halogens is 2. The van der Waals surface area contributed by atoms with Crippen LogP contribution < -0.4 is 11.1 Å². The van der Waals surface area contributed by atoms with Crippen molar-refractivity contribution in [3.8, 4) is 0 Å². The summed E-state index contributed by atoms with van der Waals surface area (Å²) in [6, 6.07) is 10.5. The van der Waals surface area contributed by atoms with Crippen LogP contribution in [0.3, 0.4) is 0 Å². The van der Waals surface area contributed by atoms with Gasteiger partial charge in [0.15, 0.2) is 0 Å². The summed E-state index contributed by atoms with van der Waals surface area (Å²) in [5.41, 5.74) is 6.97. The Kier molecular flexibility index (Phi) is 10.4. The van der Waals surface area contributed by atoms with Gasteiger partial charge in [-0.25, -0.2) is 0 Å². The number of nitrogens with zero attached hydrogens (tertiary/aromatic N) is 1. The monoisotopic (exact) mass is 347 g/mol. The zero-order valence-corrected chi connectivity index (χ0v) is 14.7. The molecule has 0 aliphatic carbocycles. The third-order valence-electron chi connectivity index (χ3n) is 3.79. The summed E-state index contributed by atoms with van der Waals surface area (Å²) in [6.45, 7) is 4.49. The van der Waals surface area contributed by atoms with Crippen molar-refractivity contribution in [3.05, 3.63) is 35.9 Å². The predicted octanol–water partition coefficient (Wildman–Crippen LogP) is 2.35. The first-order valence-corrected chi connectivity index (χ1v) is 7.48. The van der Waals surface area contributed by atoms with Crippen LogP contribution in [0.5, 0.6) is 0 Å². The Labute approximate surface area is 145 Å². The Morgan fingerprint density at radius 3 is 2.68 bits per heavy atom. The number of nitrogens with one attached hydrogen (secondary N) is 1. The van der Waals surface area contributed by atoms with Gasteiger partial charge in [-0.15, -0.1) is 24.8 Å². The van der Waals surface area contributed by atoms with E-state index >= 15 is 0 Å². The fourth-order valence-corrected chi connectivity index (χ4v) is 2.67. The van der Waals surface area contributed by atoms with Gasteiger partial charge in [0.05, 0.1) is 6.04 Å². The minimum atomic E-state index is 0. The summed E-state index contributed by atoms with van der Waals surface area (Å²) in [5.74, 6) is 0.152. The fourth-order valence-electron chi connectivity index (χ4n) is 2.67. The van der Waals surface area contributed by atoms with Gasteiger partial charge in [0, 0.05) is 19.1 Å². The Morgan fingerprint density at radius 1 is 1.36 bits per heavy atom. The van der Waals surface area contributed by atoms with Gasteiger partial charge in [-0.2, -0.15) is 0 Å². The number of likely N-dealkylation sites (tertiary alicyclic amines) is 1. The molecular formula is C16H27Cl2N3O. The molecule has 0 bridgehead atoms. The molecule has 0 radical (unpaired) electrons. The van der Waals surface area contributed by atoms with E-state index < -0.39 is 0 Å². The van der Waals surface area contributed by atoms with Crippen LogP contribution in [-0.4, -0.2) is 36.0 Å². The molecule has 1 amide bonds. The van der Waals surface area contributed by atoms with Gasteiger partial charge in [-0.1, -0.05) is 30.3 Å². The maximum atomic E-state index is 12.2. The summed E-state index contributed by atoms with van der Waals surface area (Å²) >= 11 is 0. The van der Waals surface area contributed by atoms with Crippen LogP contribution in [-0.2, 0) is 11.3 Å². The number of carbonyl (C=O) groups excluding carboxylic acids is 1. The summed E-state index contributed by atoms with van der Waals surface area (Å²) in [6.07, 6.45) is 2.88. The Balaban J connectivity index is 0.00000220. The highest BCUT2D eigenvalue weighted by atomic mass is 35.5. The number of benzene rings is 1. The molecule has 1 aromatic carbocycles. The average molecular weight is 348 g/mol. The molecule has 2 atom stereocenters. The minimum Gasteiger partial charge on any atom is -0.355 e. The van der Waals surface area contributed by atoms with Gasteiger partial charge in [0.2, 0.25) is 5.91 Å². The summed E-state index contributed by atoms with van der Waals surface area (Å²) in [7, 11) is 0. The average Bonchev–Trinajstić information content (AvgIpc) is 2.87. The topological polar surface area (TPSA) is 58.4 Å². The van der Waals surface area contributed by atoms with Crippen molar-refractivity contribution < 1.29 is 4.79 Å². The lowest BCUT2D eigenvalue weighted by molar-refractivity contribution is -0.125. The lowest BCUT2D eigenvalue weighted by atomic mass is 10.1. The van der Waals surface area contributed by atoms with E-state index in [1.807, 2.05) is 25.1 Å². The molecule has 4 nitrogen and oxygen atoms in total. The van der Waals surface area contributed by atoms with Crippen LogP contribution >= 0.6 is 24.8 Å². The van der Waals surface area contributed by atoms with E-state index in [2.05, 4.69) is 22.3 Å². The van der Waals surface area contributed by atoms with Gasteiger partial charge in [-0.05, 0) is 38.3 Å². The molecule has 1 aromatic rings. The number of hydrogen-bond acceptors (Lipinski definition) is 3. The van der Waals surface area contributed by atoms with Crippen molar-refractivity contribution in [1.82, 2.24) is 10.2 Å². The van der Waals surface area contributed by atoms with Crippen molar-refractivity contribution in [3.63, 3.8) is 0 Å². The van der Waals surface area contributed by atoms with E-state index in [9.17, 15) is 4.79 Å². The van der Waals surface area contributed by atoms with Crippen molar-refractivity contribution in [2.45, 2.75) is 44.8 Å². The number of nitrogens with two attached hydrogens (primary N) is 1. The standard InChI is InChI=1S/C16H25N3O.2ClH/c1-13(17)9-10-18-16(20)15-8-5-11-19(15)12-14-6-3-2-4-7-14;;/h2-4,6-7,13,15H,5,8-12,17H2,1H3,(H,18,20);2*1H. The zero-order chi connectivity index (χ0) is 14.4. The molecule has 1 fully saturated rings. The van der Waals surface area contributed by atoms with Crippen LogP contribution in [0.4, 0.5) is 0 Å². The van der Waals surface area contributed by atoms with E-state index in [1.165, 1.54) is 5.56 Å². The van der Waals surface area contributed by atoms with Crippen molar-refractivity contribution in [1.29, 1.82) is 0 Å². The van der Waals surface area contributed by atoms with Crippen molar-refractivity contribution >= 4 is 30.7 Å². The van der Waals surface area contributed by atoms with Crippen molar-refractivity contribution in [2.24, 2.45) is 5.73 Å². The normalized spacial score (nSPS) is 18.9. The number of rotatable bonds is 6. The molecule has 126 valence electrons. The molecule has 22 heavy (non-hydrogen) atoms. The zero-order valence-electron chi connectivity index (χ0n) is 13.0. The quantitative estimate of drug-likeness (QED) is 0.830. The maximum Gasteiger partial charge on any atom is 0.237 e. The van der Waals surface area contributed by atoms with Gasteiger partial charge >= 0.3 is 0 Å². The molecular weight excluding hydrogens is 321 g/mol. The van der Waals surface area contributed by atoms with Crippen molar-refractivity contribution in [2.75, 3.05) is 13.1 Å². The number of amides is 1. The molecule has 3 N–H and O–H groups in total. The SMILES string of the molecule is CC(N)CCNC(=O)C1CCCN1Cc1ccccc1.Cl.Cl. The third-order valence-corrected chi connectivity index (χ3v) is 3.79. The van der Waals surface area contributed by atoms with E-state index in [4.69, 9.17) is 5.73 Å². The van der Waals surface area contributed by atoms with E-state index in [-0.39, 0.29) is 42.8 Å². The molecule has 1 aliphatic rings. The summed E-state index contributed by atoms with van der Waals surface area (Å²) in [4.78, 5) is 14.5. The van der Waals surface area contributed by atoms with E-state index in [0.717, 1.165) is 32.4 Å². The van der Waals surface area contributed by atoms with Crippen LogP contribution in [0.25, 0.3) is 0 Å². The Morgan fingerprint density at radius 2 is 2.05 bits per heavy atom. The highest BCUT2D eigenvalue weighted by Gasteiger charge is 2.30. The summed E-state index contributed by atoms with van der Waals surface area (Å²) < 4.78 is 0. The maximum absolute atomic E-state index is 12.2. The predicted molar refractivity (Wildman–Crippen MR) is 95.6 cm³/mol. The molecule has 0 aromatic heterocycles. The minimum absolute atomic E-state index is 0. The second-order valence-electron chi connectivity index (χ2n) is 5.67. The van der Waals surface area contributed by atoms with Gasteiger partial charge in [0.1, 0.15) is 0 Å². The first-order valence-electron chi connectivity index (χ1n) is 7.48. The second kappa shape index (κ2) is 10.8. The first kappa shape index (κ1) is 21.2. The smallest absolute Gasteiger partial charge is 0.237 e. The van der Waals surface area contributed by atoms with Gasteiger partial charge < -0.3 is 11.1 Å². The van der Waals surface area contributed by atoms with E-state index in [1.54, 1.807) is 0 Å². The Hall–Kier alpha value is -0.810. The lowest BCUT2D eigenvalue weighted by Crippen LogP contribution is -2.43. The largest absolute Gasteiger partial charge is 0.355 e. The molecule has 1 saturated heterocycles.